The van der Waals surface area contributed by atoms with Crippen LogP contribution < -0.4 is 16.4 Å². The second kappa shape index (κ2) is 7.50. The van der Waals surface area contributed by atoms with Crippen molar-refractivity contribution < 1.29 is 20.1 Å². The van der Waals surface area contributed by atoms with E-state index < -0.39 is 42.3 Å². The van der Waals surface area contributed by atoms with Crippen molar-refractivity contribution in [2.75, 3.05) is 18.5 Å². The van der Waals surface area contributed by atoms with Crippen molar-refractivity contribution in [3.8, 4) is 0 Å². The molecule has 11 heteroatoms. The molecule has 0 saturated carbocycles. The SMILES string of the molecule is CCCCNc1nc(=O)c2ncn(C3O[C@H](CO)[C@@H](O)[C@H]3O)c2c(=O)[nH]1. The highest BCUT2D eigenvalue weighted by Gasteiger charge is 2.44. The summed E-state index contributed by atoms with van der Waals surface area (Å²) < 4.78 is 6.57. The van der Waals surface area contributed by atoms with Crippen LogP contribution in [-0.2, 0) is 4.74 Å². The lowest BCUT2D eigenvalue weighted by atomic mass is 10.1. The fourth-order valence-electron chi connectivity index (χ4n) is 2.86. The fraction of sp³-hybridized carbons (Fsp3) is 0.600. The summed E-state index contributed by atoms with van der Waals surface area (Å²) in [5.41, 5.74) is -1.69. The van der Waals surface area contributed by atoms with Gasteiger partial charge < -0.3 is 25.4 Å². The standard InChI is InChI=1S/C15H21N5O6/c1-2-3-4-16-15-18-12(24)8-9(13(25)19-15)20(6-17-8)14-11(23)10(22)7(5-21)26-14/h6-7,10-11,14,21-23H,2-5H2,1H3,(H2,16,18,19,24,25)/t7-,10-,11-,14?/m1/s1. The third kappa shape index (κ3) is 3.21. The minimum Gasteiger partial charge on any atom is -0.394 e. The van der Waals surface area contributed by atoms with Crippen LogP contribution in [-0.4, -0.2) is 66.3 Å². The third-order valence-electron chi connectivity index (χ3n) is 4.27. The first-order valence-corrected chi connectivity index (χ1v) is 8.35. The molecular weight excluding hydrogens is 346 g/mol. The molecule has 1 fully saturated rings. The van der Waals surface area contributed by atoms with Crippen LogP contribution >= 0.6 is 0 Å². The van der Waals surface area contributed by atoms with Crippen LogP contribution in [0.2, 0.25) is 0 Å². The summed E-state index contributed by atoms with van der Waals surface area (Å²) in [6.45, 7) is 2.03. The highest BCUT2D eigenvalue weighted by atomic mass is 16.6. The molecular formula is C15H21N5O6. The lowest BCUT2D eigenvalue weighted by Crippen LogP contribution is -2.33. The number of aliphatic hydroxyl groups is 3. The van der Waals surface area contributed by atoms with Gasteiger partial charge in [0.25, 0.3) is 5.56 Å². The van der Waals surface area contributed by atoms with E-state index in [1.54, 1.807) is 0 Å². The summed E-state index contributed by atoms with van der Waals surface area (Å²) in [4.78, 5) is 35.1. The van der Waals surface area contributed by atoms with Gasteiger partial charge in [0, 0.05) is 6.54 Å². The molecule has 2 aromatic rings. The first-order chi connectivity index (χ1) is 12.5. The normalized spacial score (nSPS) is 25.7. The number of fused-ring (bicyclic) bond motifs is 1. The molecule has 2 aromatic heterocycles. The van der Waals surface area contributed by atoms with Crippen LogP contribution in [0.25, 0.3) is 11.0 Å². The second-order valence-corrected chi connectivity index (χ2v) is 6.08. The Morgan fingerprint density at radius 1 is 1.35 bits per heavy atom. The highest BCUT2D eigenvalue weighted by Crippen LogP contribution is 2.30. The molecule has 0 aliphatic carbocycles. The van der Waals surface area contributed by atoms with E-state index in [1.807, 2.05) is 6.92 Å². The Morgan fingerprint density at radius 2 is 2.12 bits per heavy atom. The third-order valence-corrected chi connectivity index (χ3v) is 4.27. The van der Waals surface area contributed by atoms with Gasteiger partial charge in [0.1, 0.15) is 23.8 Å². The summed E-state index contributed by atoms with van der Waals surface area (Å²) >= 11 is 0. The van der Waals surface area contributed by atoms with Gasteiger partial charge >= 0.3 is 5.56 Å². The lowest BCUT2D eigenvalue weighted by Gasteiger charge is -2.16. The smallest absolute Gasteiger partial charge is 0.301 e. The predicted molar refractivity (Wildman–Crippen MR) is 90.8 cm³/mol. The first kappa shape index (κ1) is 18.5. The van der Waals surface area contributed by atoms with E-state index >= 15 is 0 Å². The minimum atomic E-state index is -1.40. The number of ether oxygens (including phenoxy) is 1. The molecule has 11 nitrogen and oxygen atoms in total. The van der Waals surface area contributed by atoms with Crippen molar-refractivity contribution in [2.24, 2.45) is 0 Å². The van der Waals surface area contributed by atoms with Crippen molar-refractivity contribution in [1.82, 2.24) is 19.5 Å². The van der Waals surface area contributed by atoms with Crippen molar-refractivity contribution in [2.45, 2.75) is 44.3 Å². The first-order valence-electron chi connectivity index (χ1n) is 8.35. The quantitative estimate of drug-likeness (QED) is 0.375. The molecule has 0 spiro atoms. The van der Waals surface area contributed by atoms with E-state index in [9.17, 15) is 24.9 Å². The Morgan fingerprint density at radius 3 is 2.77 bits per heavy atom. The molecule has 1 saturated heterocycles. The van der Waals surface area contributed by atoms with Gasteiger partial charge in [-0.15, -0.1) is 0 Å². The molecule has 142 valence electrons. The molecule has 3 heterocycles. The van der Waals surface area contributed by atoms with E-state index in [-0.39, 0.29) is 17.0 Å². The van der Waals surface area contributed by atoms with Gasteiger partial charge in [0.2, 0.25) is 5.95 Å². The van der Waals surface area contributed by atoms with Crippen LogP contribution in [0.15, 0.2) is 15.9 Å². The zero-order chi connectivity index (χ0) is 18.8. The number of H-pyrrole nitrogens is 1. The number of nitrogens with zero attached hydrogens (tertiary/aromatic N) is 3. The van der Waals surface area contributed by atoms with Gasteiger partial charge in [-0.3, -0.25) is 19.1 Å². The Balaban J connectivity index is 2.06. The van der Waals surface area contributed by atoms with Gasteiger partial charge in [0.15, 0.2) is 11.7 Å². The maximum Gasteiger partial charge on any atom is 0.301 e. The Kier molecular flexibility index (Phi) is 5.32. The van der Waals surface area contributed by atoms with Crippen LogP contribution in [0.5, 0.6) is 0 Å². The average molecular weight is 367 g/mol. The molecule has 0 aromatic carbocycles. The largest absolute Gasteiger partial charge is 0.394 e. The van der Waals surface area contributed by atoms with E-state index in [4.69, 9.17) is 4.74 Å². The summed E-state index contributed by atoms with van der Waals surface area (Å²) in [7, 11) is 0. The highest BCUT2D eigenvalue weighted by molar-refractivity contribution is 5.73. The van der Waals surface area contributed by atoms with Crippen LogP contribution in [0.3, 0.4) is 0 Å². The predicted octanol–water partition coefficient (Wildman–Crippen LogP) is -1.70. The topological polar surface area (TPSA) is 163 Å². The Bertz CT molecular complexity index is 896. The van der Waals surface area contributed by atoms with Gasteiger partial charge in [-0.1, -0.05) is 13.3 Å². The van der Waals surface area contributed by atoms with Gasteiger partial charge in [-0.25, -0.2) is 4.98 Å². The van der Waals surface area contributed by atoms with Crippen molar-refractivity contribution >= 4 is 17.0 Å². The maximum atomic E-state index is 12.6. The van der Waals surface area contributed by atoms with Crippen LogP contribution in [0.1, 0.15) is 26.0 Å². The molecule has 4 atom stereocenters. The number of hydrogen-bond donors (Lipinski definition) is 5. The molecule has 5 N–H and O–H groups in total. The zero-order valence-electron chi connectivity index (χ0n) is 14.1. The molecule has 1 unspecified atom stereocenters. The zero-order valence-corrected chi connectivity index (χ0v) is 14.1. The lowest BCUT2D eigenvalue weighted by molar-refractivity contribution is -0.0509. The monoisotopic (exact) mass is 367 g/mol. The number of anilines is 1. The summed E-state index contributed by atoms with van der Waals surface area (Å²) in [6, 6.07) is 0. The summed E-state index contributed by atoms with van der Waals surface area (Å²) in [5, 5.41) is 32.1. The molecule has 1 aliphatic heterocycles. The molecule has 0 bridgehead atoms. The van der Waals surface area contributed by atoms with Gasteiger partial charge in [0.05, 0.1) is 12.9 Å². The van der Waals surface area contributed by atoms with E-state index in [0.29, 0.717) is 6.54 Å². The number of nitrogens with one attached hydrogen (secondary N) is 2. The number of aromatic amines is 1. The Labute approximate surface area is 147 Å². The van der Waals surface area contributed by atoms with E-state index in [0.717, 1.165) is 23.7 Å². The minimum absolute atomic E-state index is 0.0270. The molecule has 26 heavy (non-hydrogen) atoms. The van der Waals surface area contributed by atoms with Crippen LogP contribution in [0.4, 0.5) is 5.95 Å². The molecule has 3 rings (SSSR count). The van der Waals surface area contributed by atoms with Crippen LogP contribution in [0, 0.1) is 0 Å². The Hall–Kier alpha value is -2.34. The van der Waals surface area contributed by atoms with E-state index in [1.165, 1.54) is 0 Å². The van der Waals surface area contributed by atoms with E-state index in [2.05, 4.69) is 20.3 Å². The fourth-order valence-corrected chi connectivity index (χ4v) is 2.86. The maximum absolute atomic E-state index is 12.6. The molecule has 1 aliphatic rings. The number of rotatable bonds is 6. The summed E-state index contributed by atoms with van der Waals surface area (Å²) in [6.07, 6.45) is -2.00. The van der Waals surface area contributed by atoms with Crippen molar-refractivity contribution in [1.29, 1.82) is 0 Å². The molecule has 0 amide bonds. The number of aromatic nitrogens is 4. The summed E-state index contributed by atoms with van der Waals surface area (Å²) in [5.74, 6) is 0.0270. The average Bonchev–Trinajstić information content (AvgIpc) is 3.14. The second-order valence-electron chi connectivity index (χ2n) is 6.08. The van der Waals surface area contributed by atoms with Gasteiger partial charge in [-0.2, -0.15) is 4.98 Å². The number of imidazole rings is 1. The number of hydrogen-bond acceptors (Lipinski definition) is 9. The molecule has 0 radical (unpaired) electrons. The van der Waals surface area contributed by atoms with Crippen molar-refractivity contribution in [3.05, 3.63) is 27.0 Å². The number of aliphatic hydroxyl groups excluding tert-OH is 3. The van der Waals surface area contributed by atoms with Crippen molar-refractivity contribution in [3.63, 3.8) is 0 Å². The van der Waals surface area contributed by atoms with Gasteiger partial charge in [-0.05, 0) is 6.42 Å². The number of unbranched alkanes of at least 4 members (excludes halogenated alkanes) is 1.